The molecule has 0 atom stereocenters. The minimum atomic E-state index is -0.395. The van der Waals surface area contributed by atoms with E-state index >= 15 is 0 Å². The van der Waals surface area contributed by atoms with Crippen LogP contribution in [-0.2, 0) is 9.53 Å². The smallest absolute Gasteiger partial charge is 0.338 e. The molecule has 0 bridgehead atoms. The van der Waals surface area contributed by atoms with E-state index < -0.39 is 5.97 Å². The van der Waals surface area contributed by atoms with Gasteiger partial charge in [0, 0.05) is 15.7 Å². The Morgan fingerprint density at radius 1 is 1.11 bits per heavy atom. The van der Waals surface area contributed by atoms with E-state index in [4.69, 9.17) is 9.15 Å². The van der Waals surface area contributed by atoms with Crippen molar-refractivity contribution in [2.75, 3.05) is 17.7 Å². The SMILES string of the molecule is CCOC(=O)c1ccc(NC(=O)CSc2nnc(-c3ccc(Br)cc3)o2)cc1. The van der Waals surface area contributed by atoms with Gasteiger partial charge in [0.25, 0.3) is 5.22 Å². The molecule has 0 aliphatic carbocycles. The van der Waals surface area contributed by atoms with Crippen LogP contribution >= 0.6 is 27.7 Å². The Bertz CT molecular complexity index is 958. The maximum atomic E-state index is 12.1. The molecule has 2 aromatic carbocycles. The van der Waals surface area contributed by atoms with Crippen molar-refractivity contribution in [1.29, 1.82) is 0 Å². The van der Waals surface area contributed by atoms with E-state index in [0.717, 1.165) is 21.8 Å². The first kappa shape index (κ1) is 20.1. The Kier molecular flexibility index (Phi) is 6.83. The maximum absolute atomic E-state index is 12.1. The van der Waals surface area contributed by atoms with Crippen LogP contribution in [0, 0.1) is 0 Å². The van der Waals surface area contributed by atoms with E-state index in [1.807, 2.05) is 24.3 Å². The van der Waals surface area contributed by atoms with Gasteiger partial charge >= 0.3 is 5.97 Å². The van der Waals surface area contributed by atoms with Crippen LogP contribution in [0.25, 0.3) is 11.5 Å². The summed E-state index contributed by atoms with van der Waals surface area (Å²) in [5.41, 5.74) is 1.81. The second-order valence-corrected chi connectivity index (χ2v) is 7.36. The number of nitrogens with one attached hydrogen (secondary N) is 1. The molecular formula is C19H16BrN3O4S. The molecule has 28 heavy (non-hydrogen) atoms. The van der Waals surface area contributed by atoms with E-state index in [-0.39, 0.29) is 11.7 Å². The number of carbonyl (C=O) groups is 2. The number of aromatic nitrogens is 2. The quantitative estimate of drug-likeness (QED) is 0.411. The van der Waals surface area contributed by atoms with Crippen LogP contribution in [0.2, 0.25) is 0 Å². The molecule has 9 heteroatoms. The first-order valence-electron chi connectivity index (χ1n) is 8.34. The topological polar surface area (TPSA) is 94.3 Å². The maximum Gasteiger partial charge on any atom is 0.338 e. The van der Waals surface area contributed by atoms with E-state index in [9.17, 15) is 9.59 Å². The largest absolute Gasteiger partial charge is 0.462 e. The molecule has 1 aromatic heterocycles. The number of anilines is 1. The van der Waals surface area contributed by atoms with Crippen molar-refractivity contribution in [2.45, 2.75) is 12.1 Å². The van der Waals surface area contributed by atoms with Crippen molar-refractivity contribution in [3.8, 4) is 11.5 Å². The third-order valence-corrected chi connectivity index (χ3v) is 4.85. The number of carbonyl (C=O) groups excluding carboxylic acids is 2. The normalized spacial score (nSPS) is 10.5. The molecule has 1 heterocycles. The van der Waals surface area contributed by atoms with Crippen LogP contribution in [0.4, 0.5) is 5.69 Å². The summed E-state index contributed by atoms with van der Waals surface area (Å²) in [6.07, 6.45) is 0. The van der Waals surface area contributed by atoms with Gasteiger partial charge in [-0.15, -0.1) is 10.2 Å². The van der Waals surface area contributed by atoms with Crippen LogP contribution in [0.15, 0.2) is 62.6 Å². The lowest BCUT2D eigenvalue weighted by atomic mass is 10.2. The molecule has 0 spiro atoms. The number of esters is 1. The highest BCUT2D eigenvalue weighted by Gasteiger charge is 2.12. The third-order valence-electron chi connectivity index (χ3n) is 3.50. The molecule has 0 saturated carbocycles. The number of thioether (sulfide) groups is 1. The Morgan fingerprint density at radius 3 is 2.50 bits per heavy atom. The zero-order valence-corrected chi connectivity index (χ0v) is 17.2. The number of nitrogens with zero attached hydrogens (tertiary/aromatic N) is 2. The summed E-state index contributed by atoms with van der Waals surface area (Å²) in [4.78, 5) is 23.7. The Labute approximate surface area is 174 Å². The molecule has 0 unspecified atom stereocenters. The second kappa shape index (κ2) is 9.52. The number of halogens is 1. The Morgan fingerprint density at radius 2 is 1.82 bits per heavy atom. The molecule has 1 amide bonds. The van der Waals surface area contributed by atoms with Crippen LogP contribution in [0.5, 0.6) is 0 Å². The highest BCUT2D eigenvalue weighted by atomic mass is 79.9. The number of hydrogen-bond acceptors (Lipinski definition) is 7. The standard InChI is InChI=1S/C19H16BrN3O4S/c1-2-26-18(25)13-5-9-15(10-6-13)21-16(24)11-28-19-23-22-17(27-19)12-3-7-14(20)8-4-12/h3-10H,2,11H2,1H3,(H,21,24). The van der Waals surface area contributed by atoms with Gasteiger partial charge in [-0.1, -0.05) is 27.7 Å². The summed E-state index contributed by atoms with van der Waals surface area (Å²) >= 11 is 4.52. The van der Waals surface area contributed by atoms with Crippen molar-refractivity contribution in [3.05, 3.63) is 58.6 Å². The zero-order valence-electron chi connectivity index (χ0n) is 14.8. The first-order chi connectivity index (χ1) is 13.5. The molecule has 0 saturated heterocycles. The van der Waals surface area contributed by atoms with Crippen LogP contribution in [-0.4, -0.2) is 34.4 Å². The van der Waals surface area contributed by atoms with E-state index in [1.54, 1.807) is 31.2 Å². The highest BCUT2D eigenvalue weighted by molar-refractivity contribution is 9.10. The van der Waals surface area contributed by atoms with E-state index in [2.05, 4.69) is 31.4 Å². The van der Waals surface area contributed by atoms with Crippen LogP contribution in [0.3, 0.4) is 0 Å². The summed E-state index contributed by atoms with van der Waals surface area (Å²) in [7, 11) is 0. The predicted octanol–water partition coefficient (Wildman–Crippen LogP) is 4.41. The fourth-order valence-corrected chi connectivity index (χ4v) is 3.03. The summed E-state index contributed by atoms with van der Waals surface area (Å²) in [6.45, 7) is 2.06. The minimum absolute atomic E-state index is 0.113. The lowest BCUT2D eigenvalue weighted by Crippen LogP contribution is -2.14. The molecule has 144 valence electrons. The summed E-state index contributed by atoms with van der Waals surface area (Å²) in [5, 5.41) is 11.0. The number of rotatable bonds is 7. The van der Waals surface area contributed by atoms with Gasteiger partial charge in [-0.3, -0.25) is 4.79 Å². The third kappa shape index (κ3) is 5.43. The Hall–Kier alpha value is -2.65. The number of hydrogen-bond donors (Lipinski definition) is 1. The molecule has 3 rings (SSSR count). The van der Waals surface area contributed by atoms with Gasteiger partial charge in [0.15, 0.2) is 0 Å². The molecule has 7 nitrogen and oxygen atoms in total. The number of amides is 1. The molecule has 0 radical (unpaired) electrons. The molecule has 3 aromatic rings. The van der Waals surface area contributed by atoms with Crippen molar-refractivity contribution in [2.24, 2.45) is 0 Å². The molecule has 0 aliphatic heterocycles. The lowest BCUT2D eigenvalue weighted by Gasteiger charge is -2.05. The number of ether oxygens (including phenoxy) is 1. The van der Waals surface area contributed by atoms with Gasteiger partial charge in [0.05, 0.1) is 17.9 Å². The van der Waals surface area contributed by atoms with Crippen LogP contribution < -0.4 is 5.32 Å². The van der Waals surface area contributed by atoms with Crippen molar-refractivity contribution < 1.29 is 18.7 Å². The van der Waals surface area contributed by atoms with Gasteiger partial charge in [0.2, 0.25) is 11.8 Å². The fourth-order valence-electron chi connectivity index (χ4n) is 2.21. The molecule has 0 aliphatic rings. The van der Waals surface area contributed by atoms with Gasteiger partial charge in [0.1, 0.15) is 0 Å². The minimum Gasteiger partial charge on any atom is -0.462 e. The monoisotopic (exact) mass is 461 g/mol. The Balaban J connectivity index is 1.52. The van der Waals surface area contributed by atoms with E-state index in [1.165, 1.54) is 0 Å². The molecular weight excluding hydrogens is 446 g/mol. The van der Waals surface area contributed by atoms with Crippen molar-refractivity contribution >= 4 is 45.3 Å². The molecule has 1 N–H and O–H groups in total. The average Bonchev–Trinajstić information content (AvgIpc) is 3.17. The highest BCUT2D eigenvalue weighted by Crippen LogP contribution is 2.24. The van der Waals surface area contributed by atoms with Crippen LogP contribution in [0.1, 0.15) is 17.3 Å². The van der Waals surface area contributed by atoms with Gasteiger partial charge in [-0.05, 0) is 55.5 Å². The summed E-state index contributed by atoms with van der Waals surface area (Å²) < 4.78 is 11.4. The zero-order chi connectivity index (χ0) is 19.9. The number of benzene rings is 2. The van der Waals surface area contributed by atoms with Gasteiger partial charge in [-0.2, -0.15) is 0 Å². The van der Waals surface area contributed by atoms with Gasteiger partial charge < -0.3 is 14.5 Å². The molecule has 0 fully saturated rings. The fraction of sp³-hybridized carbons (Fsp3) is 0.158. The van der Waals surface area contributed by atoms with Crippen molar-refractivity contribution in [1.82, 2.24) is 10.2 Å². The van der Waals surface area contributed by atoms with Crippen molar-refractivity contribution in [3.63, 3.8) is 0 Å². The first-order valence-corrected chi connectivity index (χ1v) is 10.1. The summed E-state index contributed by atoms with van der Waals surface area (Å²) in [5.74, 6) is -0.113. The summed E-state index contributed by atoms with van der Waals surface area (Å²) in [6, 6.07) is 14.0. The van der Waals surface area contributed by atoms with E-state index in [0.29, 0.717) is 29.0 Å². The average molecular weight is 462 g/mol. The second-order valence-electron chi connectivity index (χ2n) is 5.51. The van der Waals surface area contributed by atoms with Gasteiger partial charge in [-0.25, -0.2) is 4.79 Å². The lowest BCUT2D eigenvalue weighted by molar-refractivity contribution is -0.113. The predicted molar refractivity (Wildman–Crippen MR) is 109 cm³/mol.